The van der Waals surface area contributed by atoms with Crippen LogP contribution in [0.5, 0.6) is 0 Å². The fraction of sp³-hybridized carbons (Fsp3) is 0.350. The highest BCUT2D eigenvalue weighted by Gasteiger charge is 2.22. The Balaban J connectivity index is 1.82. The molecule has 0 amide bonds. The molecule has 0 spiro atoms. The molecule has 3 heterocycles. The molecule has 0 aliphatic heterocycles. The van der Waals surface area contributed by atoms with Gasteiger partial charge >= 0.3 is 0 Å². The number of allylic oxidation sites excluding steroid dienone is 1. The summed E-state index contributed by atoms with van der Waals surface area (Å²) in [5.74, 6) is 0. The van der Waals surface area contributed by atoms with Crippen molar-refractivity contribution in [3.8, 4) is 0 Å². The number of aryl methyl sites for hydroxylation is 2. The number of rotatable bonds is 5. The van der Waals surface area contributed by atoms with Gasteiger partial charge in [0.2, 0.25) is 0 Å². The van der Waals surface area contributed by atoms with Crippen LogP contribution in [0, 0.1) is 0 Å². The molecule has 1 atom stereocenters. The summed E-state index contributed by atoms with van der Waals surface area (Å²) in [6.07, 6.45) is 9.86. The first-order chi connectivity index (χ1) is 12.7. The lowest BCUT2D eigenvalue weighted by atomic mass is 9.97. The molecule has 0 saturated heterocycles. The maximum Gasteiger partial charge on any atom is 0.263 e. The minimum atomic E-state index is 0.0789. The van der Waals surface area contributed by atoms with Crippen LogP contribution in [0.25, 0.3) is 10.2 Å². The highest BCUT2D eigenvalue weighted by Crippen LogP contribution is 2.37. The van der Waals surface area contributed by atoms with E-state index >= 15 is 0 Å². The highest BCUT2D eigenvalue weighted by molar-refractivity contribution is 7.99. The van der Waals surface area contributed by atoms with E-state index in [9.17, 15) is 4.79 Å². The molecular formula is C20H21N3OS2. The van der Waals surface area contributed by atoms with Gasteiger partial charge in [-0.15, -0.1) is 17.9 Å². The predicted molar refractivity (Wildman–Crippen MR) is 109 cm³/mol. The minimum absolute atomic E-state index is 0.0789. The molecule has 0 saturated carbocycles. The number of aromatic nitrogens is 3. The summed E-state index contributed by atoms with van der Waals surface area (Å²) >= 11 is 3.31. The van der Waals surface area contributed by atoms with Crippen molar-refractivity contribution in [1.29, 1.82) is 0 Å². The lowest BCUT2D eigenvalue weighted by molar-refractivity contribution is 0.666. The second kappa shape index (κ2) is 7.37. The van der Waals surface area contributed by atoms with Crippen LogP contribution in [0.1, 0.15) is 41.0 Å². The molecule has 0 bridgehead atoms. The number of hydrogen-bond donors (Lipinski definition) is 0. The van der Waals surface area contributed by atoms with E-state index in [4.69, 9.17) is 4.98 Å². The SMILES string of the molecule is C=CCn1c(SC(C)c2cccnc2)nc2sc3c(c2c1=O)CCCC3. The zero-order valence-electron chi connectivity index (χ0n) is 14.8. The normalized spacial score (nSPS) is 15.0. The molecule has 6 heteroatoms. The van der Waals surface area contributed by atoms with Gasteiger partial charge in [0.05, 0.1) is 5.39 Å². The quantitative estimate of drug-likeness (QED) is 0.362. The predicted octanol–water partition coefficient (Wildman–Crippen LogP) is 4.77. The van der Waals surface area contributed by atoms with E-state index in [0.29, 0.717) is 6.54 Å². The Kier molecular flexibility index (Phi) is 4.96. The fourth-order valence-electron chi connectivity index (χ4n) is 3.44. The number of hydrogen-bond acceptors (Lipinski definition) is 5. The van der Waals surface area contributed by atoms with Crippen molar-refractivity contribution in [1.82, 2.24) is 14.5 Å². The van der Waals surface area contributed by atoms with Crippen molar-refractivity contribution in [3.05, 3.63) is 63.5 Å². The van der Waals surface area contributed by atoms with Crippen molar-refractivity contribution in [2.24, 2.45) is 0 Å². The van der Waals surface area contributed by atoms with Crippen LogP contribution in [0.2, 0.25) is 0 Å². The second-order valence-electron chi connectivity index (χ2n) is 6.54. The van der Waals surface area contributed by atoms with E-state index in [0.717, 1.165) is 40.2 Å². The van der Waals surface area contributed by atoms with Gasteiger partial charge in [-0.25, -0.2) is 4.98 Å². The first-order valence-corrected chi connectivity index (χ1v) is 10.6. The summed E-state index contributed by atoms with van der Waals surface area (Å²) in [6.45, 7) is 6.43. The Morgan fingerprint density at radius 2 is 2.27 bits per heavy atom. The van der Waals surface area contributed by atoms with Crippen molar-refractivity contribution in [2.75, 3.05) is 0 Å². The molecule has 3 aromatic rings. The van der Waals surface area contributed by atoms with Crippen molar-refractivity contribution >= 4 is 33.3 Å². The van der Waals surface area contributed by atoms with Gasteiger partial charge in [0, 0.05) is 29.1 Å². The third kappa shape index (κ3) is 3.12. The Hall–Kier alpha value is -1.92. The standard InChI is InChI=1S/C20H21N3OS2/c1-3-11-23-19(24)17-15-8-4-5-9-16(15)26-18(17)22-20(23)25-13(2)14-7-6-10-21-12-14/h3,6-7,10,12-13H,1,4-5,8-9,11H2,2H3. The average Bonchev–Trinajstić information content (AvgIpc) is 3.04. The van der Waals surface area contributed by atoms with Crippen molar-refractivity contribution in [2.45, 2.75) is 49.6 Å². The Labute approximate surface area is 161 Å². The monoisotopic (exact) mass is 383 g/mol. The Morgan fingerprint density at radius 3 is 3.04 bits per heavy atom. The van der Waals surface area contributed by atoms with E-state index in [1.54, 1.807) is 39.9 Å². The van der Waals surface area contributed by atoms with E-state index in [2.05, 4.69) is 24.6 Å². The van der Waals surface area contributed by atoms with Gasteiger partial charge in [0.1, 0.15) is 4.83 Å². The number of thiophene rings is 1. The summed E-state index contributed by atoms with van der Waals surface area (Å²) in [5, 5.41) is 1.76. The summed E-state index contributed by atoms with van der Waals surface area (Å²) in [6, 6.07) is 4.00. The summed E-state index contributed by atoms with van der Waals surface area (Å²) in [7, 11) is 0. The lowest BCUT2D eigenvalue weighted by Gasteiger charge is -2.15. The van der Waals surface area contributed by atoms with E-state index in [1.807, 2.05) is 12.3 Å². The summed E-state index contributed by atoms with van der Waals surface area (Å²) < 4.78 is 1.77. The Morgan fingerprint density at radius 1 is 1.42 bits per heavy atom. The van der Waals surface area contributed by atoms with Crippen LogP contribution >= 0.6 is 23.1 Å². The van der Waals surface area contributed by atoms with Gasteiger partial charge < -0.3 is 0 Å². The van der Waals surface area contributed by atoms with Crippen molar-refractivity contribution < 1.29 is 0 Å². The minimum Gasteiger partial charge on any atom is -0.283 e. The van der Waals surface area contributed by atoms with Crippen LogP contribution in [0.3, 0.4) is 0 Å². The summed E-state index contributed by atoms with van der Waals surface area (Å²) in [4.78, 5) is 24.6. The molecule has 3 aromatic heterocycles. The van der Waals surface area contributed by atoms with Crippen LogP contribution in [0.4, 0.5) is 0 Å². The molecule has 0 fully saturated rings. The molecule has 1 unspecified atom stereocenters. The zero-order valence-corrected chi connectivity index (χ0v) is 16.4. The third-order valence-electron chi connectivity index (χ3n) is 4.79. The first-order valence-electron chi connectivity index (χ1n) is 8.91. The highest BCUT2D eigenvalue weighted by atomic mass is 32.2. The fourth-order valence-corrected chi connectivity index (χ4v) is 5.77. The molecule has 26 heavy (non-hydrogen) atoms. The molecule has 134 valence electrons. The van der Waals surface area contributed by atoms with Gasteiger partial charge in [-0.05, 0) is 49.8 Å². The van der Waals surface area contributed by atoms with Crippen LogP contribution in [-0.4, -0.2) is 14.5 Å². The molecule has 0 radical (unpaired) electrons. The van der Waals surface area contributed by atoms with E-state index in [-0.39, 0.29) is 10.8 Å². The number of fused-ring (bicyclic) bond motifs is 3. The summed E-state index contributed by atoms with van der Waals surface area (Å²) in [5.41, 5.74) is 2.45. The van der Waals surface area contributed by atoms with E-state index in [1.165, 1.54) is 16.9 Å². The smallest absolute Gasteiger partial charge is 0.263 e. The van der Waals surface area contributed by atoms with Crippen LogP contribution in [0.15, 0.2) is 47.1 Å². The molecule has 4 nitrogen and oxygen atoms in total. The van der Waals surface area contributed by atoms with Gasteiger partial charge in [0.25, 0.3) is 5.56 Å². The Bertz CT molecular complexity index is 1010. The van der Waals surface area contributed by atoms with Gasteiger partial charge in [-0.2, -0.15) is 0 Å². The molecule has 0 N–H and O–H groups in total. The van der Waals surface area contributed by atoms with Crippen molar-refractivity contribution in [3.63, 3.8) is 0 Å². The van der Waals surface area contributed by atoms with Gasteiger partial charge in [-0.3, -0.25) is 14.3 Å². The average molecular weight is 384 g/mol. The molecule has 1 aliphatic carbocycles. The van der Waals surface area contributed by atoms with Gasteiger partial charge in [-0.1, -0.05) is 23.9 Å². The maximum atomic E-state index is 13.2. The number of pyridine rings is 1. The topological polar surface area (TPSA) is 47.8 Å². The van der Waals surface area contributed by atoms with Crippen LogP contribution in [-0.2, 0) is 19.4 Å². The maximum absolute atomic E-state index is 13.2. The largest absolute Gasteiger partial charge is 0.283 e. The molecule has 4 rings (SSSR count). The first kappa shape index (κ1) is 17.5. The lowest BCUT2D eigenvalue weighted by Crippen LogP contribution is -2.23. The number of nitrogens with zero attached hydrogens (tertiary/aromatic N) is 3. The molecular weight excluding hydrogens is 362 g/mol. The third-order valence-corrected chi connectivity index (χ3v) is 7.12. The van der Waals surface area contributed by atoms with E-state index < -0.39 is 0 Å². The molecule has 1 aliphatic rings. The van der Waals surface area contributed by atoms with Gasteiger partial charge in [0.15, 0.2) is 5.16 Å². The molecule has 0 aromatic carbocycles. The van der Waals surface area contributed by atoms with Crippen LogP contribution < -0.4 is 5.56 Å². The second-order valence-corrected chi connectivity index (χ2v) is 8.93. The number of thioether (sulfide) groups is 1. The zero-order chi connectivity index (χ0) is 18.1.